The van der Waals surface area contributed by atoms with Crippen molar-refractivity contribution in [1.29, 1.82) is 0 Å². The fraction of sp³-hybridized carbons (Fsp3) is 0.478. The number of ether oxygens (including phenoxy) is 4. The minimum absolute atomic E-state index is 0.754. The first-order valence-electron chi connectivity index (χ1n) is 20.4. The summed E-state index contributed by atoms with van der Waals surface area (Å²) in [5, 5.41) is 0. The Kier molecular flexibility index (Phi) is 23.2. The Bertz CT molecular complexity index is 1370. The lowest BCUT2D eigenvalue weighted by Crippen LogP contribution is -1.98. The summed E-state index contributed by atoms with van der Waals surface area (Å²) < 4.78 is 22.8. The van der Waals surface area contributed by atoms with Gasteiger partial charge < -0.3 is 41.9 Å². The van der Waals surface area contributed by atoms with Crippen LogP contribution >= 0.6 is 0 Å². The zero-order valence-electron chi connectivity index (χ0n) is 32.7. The lowest BCUT2D eigenvalue weighted by atomic mass is 10.1. The molecular weight excluding hydrogens is 673 g/mol. The summed E-state index contributed by atoms with van der Waals surface area (Å²) in [5.41, 5.74) is 25.8. The van der Waals surface area contributed by atoms with Crippen LogP contribution in [-0.2, 0) is 0 Å². The van der Waals surface area contributed by atoms with E-state index < -0.39 is 0 Å². The van der Waals surface area contributed by atoms with Gasteiger partial charge in [-0.3, -0.25) is 0 Å². The number of anilines is 4. The van der Waals surface area contributed by atoms with E-state index in [1.54, 1.807) is 0 Å². The largest absolute Gasteiger partial charge is 0.494 e. The Balaban J connectivity index is 0.000000290. The van der Waals surface area contributed by atoms with E-state index in [1.807, 2.05) is 97.1 Å². The van der Waals surface area contributed by atoms with E-state index >= 15 is 0 Å². The molecule has 0 unspecified atom stereocenters. The van der Waals surface area contributed by atoms with Gasteiger partial charge in [0.1, 0.15) is 23.0 Å². The predicted molar refractivity (Wildman–Crippen MR) is 229 cm³/mol. The second-order valence-electron chi connectivity index (χ2n) is 14.0. The highest BCUT2D eigenvalue weighted by atomic mass is 16.5. The summed E-state index contributed by atoms with van der Waals surface area (Å²) in [4.78, 5) is 0. The molecule has 8 heteroatoms. The Labute approximate surface area is 325 Å². The van der Waals surface area contributed by atoms with Gasteiger partial charge in [-0.05, 0) is 98.5 Å². The normalized spacial score (nSPS) is 10.7. The molecule has 0 spiro atoms. The topological polar surface area (TPSA) is 141 Å². The van der Waals surface area contributed by atoms with E-state index in [1.165, 1.54) is 89.9 Å². The van der Waals surface area contributed by atoms with Gasteiger partial charge in [-0.15, -0.1) is 0 Å². The van der Waals surface area contributed by atoms with Gasteiger partial charge >= 0.3 is 0 Å². The molecule has 0 saturated carbocycles. The Morgan fingerprint density at radius 3 is 0.796 bits per heavy atom. The third-order valence-corrected chi connectivity index (χ3v) is 9.13. The molecule has 8 nitrogen and oxygen atoms in total. The fourth-order valence-electron chi connectivity index (χ4n) is 5.98. The van der Waals surface area contributed by atoms with E-state index in [4.69, 9.17) is 41.9 Å². The first-order valence-corrected chi connectivity index (χ1v) is 20.4. The van der Waals surface area contributed by atoms with Crippen LogP contribution in [0.5, 0.6) is 23.0 Å². The summed E-state index contributed by atoms with van der Waals surface area (Å²) >= 11 is 0. The van der Waals surface area contributed by atoms with Crippen molar-refractivity contribution in [2.75, 3.05) is 49.4 Å². The van der Waals surface area contributed by atoms with Crippen LogP contribution in [0.2, 0.25) is 0 Å². The smallest absolute Gasteiger partial charge is 0.121 e. The quantitative estimate of drug-likeness (QED) is 0.0333. The summed E-state index contributed by atoms with van der Waals surface area (Å²) in [6.07, 6.45) is 22.5. The summed E-state index contributed by atoms with van der Waals surface area (Å²) in [7, 11) is 0. The van der Waals surface area contributed by atoms with Crippen LogP contribution in [0, 0.1) is 0 Å². The van der Waals surface area contributed by atoms with Gasteiger partial charge in [-0.2, -0.15) is 0 Å². The van der Waals surface area contributed by atoms with Gasteiger partial charge in [0, 0.05) is 34.9 Å². The molecule has 4 rings (SSSR count). The van der Waals surface area contributed by atoms with Crippen LogP contribution in [0.15, 0.2) is 97.1 Å². The van der Waals surface area contributed by atoms with Crippen LogP contribution < -0.4 is 41.9 Å². The monoisotopic (exact) mass is 741 g/mol. The van der Waals surface area contributed by atoms with Gasteiger partial charge in [0.15, 0.2) is 0 Å². The first kappa shape index (κ1) is 43.7. The molecule has 296 valence electrons. The lowest BCUT2D eigenvalue weighted by Gasteiger charge is -2.07. The number of hydrogen-bond acceptors (Lipinski definition) is 8. The molecule has 0 amide bonds. The fourth-order valence-corrected chi connectivity index (χ4v) is 5.98. The van der Waals surface area contributed by atoms with Crippen molar-refractivity contribution >= 4 is 22.7 Å². The minimum atomic E-state index is 0.754. The van der Waals surface area contributed by atoms with Gasteiger partial charge in [-0.25, -0.2) is 0 Å². The van der Waals surface area contributed by atoms with Gasteiger partial charge in [0.2, 0.25) is 0 Å². The number of rotatable bonds is 28. The van der Waals surface area contributed by atoms with Crippen LogP contribution in [0.3, 0.4) is 0 Å². The molecule has 0 aromatic heterocycles. The number of benzene rings is 4. The number of unbranched alkanes of at least 4 members (excludes halogenated alkanes) is 16. The SMILES string of the molecule is Nc1ccc(OCCCCCCCCCCCOc2ccc(N)cc2)cc1.Nc1cccc(OCCCCCCCCCCCOc2cccc(N)c2)c1. The Morgan fingerprint density at radius 1 is 0.259 bits per heavy atom. The summed E-state index contributed by atoms with van der Waals surface area (Å²) in [5.74, 6) is 3.55. The maximum Gasteiger partial charge on any atom is 0.121 e. The first-order chi connectivity index (χ1) is 26.5. The van der Waals surface area contributed by atoms with Crippen molar-refractivity contribution in [2.24, 2.45) is 0 Å². The maximum absolute atomic E-state index is 5.74. The molecule has 4 aromatic rings. The third-order valence-electron chi connectivity index (χ3n) is 9.13. The van der Waals surface area contributed by atoms with Gasteiger partial charge in [0.05, 0.1) is 26.4 Å². The summed E-state index contributed by atoms with van der Waals surface area (Å²) in [6.45, 7) is 3.13. The molecule has 8 N–H and O–H groups in total. The predicted octanol–water partition coefficient (Wildman–Crippen LogP) is 11.6. The van der Waals surface area contributed by atoms with Crippen LogP contribution in [0.25, 0.3) is 0 Å². The lowest BCUT2D eigenvalue weighted by molar-refractivity contribution is 0.302. The minimum Gasteiger partial charge on any atom is -0.494 e. The number of nitrogens with two attached hydrogens (primary N) is 4. The van der Waals surface area contributed by atoms with Gasteiger partial charge in [0.25, 0.3) is 0 Å². The molecule has 0 bridgehead atoms. The van der Waals surface area contributed by atoms with E-state index in [9.17, 15) is 0 Å². The molecule has 54 heavy (non-hydrogen) atoms. The third kappa shape index (κ3) is 22.4. The molecule has 0 aliphatic rings. The van der Waals surface area contributed by atoms with Crippen LogP contribution in [0.1, 0.15) is 116 Å². The molecule has 4 aromatic carbocycles. The molecular formula is C46H68N4O4. The average molecular weight is 741 g/mol. The number of nitrogen functional groups attached to an aromatic ring is 4. The standard InChI is InChI=1S/2C23H34N2O2/c24-20-10-14-22(15-11-20)26-18-8-6-4-2-1-3-5-7-9-19-27-23-16-12-21(25)13-17-23;24-20-12-10-14-22(18-20)26-16-8-6-4-2-1-3-5-7-9-17-27-23-15-11-13-21(25)19-23/h10-17H,1-9,18-19,24-25H2;10-15,18-19H,1-9,16-17,24-25H2. The van der Waals surface area contributed by atoms with Crippen molar-refractivity contribution in [3.63, 3.8) is 0 Å². The molecule has 0 fully saturated rings. The highest BCUT2D eigenvalue weighted by molar-refractivity contribution is 5.44. The second-order valence-corrected chi connectivity index (χ2v) is 14.0. The molecule has 0 aliphatic carbocycles. The number of hydrogen-bond donors (Lipinski definition) is 4. The molecule has 0 heterocycles. The molecule has 0 saturated heterocycles. The Hall–Kier alpha value is -4.72. The van der Waals surface area contributed by atoms with Crippen molar-refractivity contribution in [2.45, 2.75) is 116 Å². The molecule has 0 atom stereocenters. The van der Waals surface area contributed by atoms with Crippen molar-refractivity contribution in [3.8, 4) is 23.0 Å². The second kappa shape index (κ2) is 28.7. The van der Waals surface area contributed by atoms with Crippen molar-refractivity contribution in [1.82, 2.24) is 0 Å². The maximum atomic E-state index is 5.74. The van der Waals surface area contributed by atoms with Crippen LogP contribution in [0.4, 0.5) is 22.7 Å². The molecule has 0 radical (unpaired) electrons. The van der Waals surface area contributed by atoms with E-state index in [2.05, 4.69) is 0 Å². The zero-order valence-corrected chi connectivity index (χ0v) is 32.7. The van der Waals surface area contributed by atoms with Crippen molar-refractivity contribution in [3.05, 3.63) is 97.1 Å². The highest BCUT2D eigenvalue weighted by Crippen LogP contribution is 2.18. The van der Waals surface area contributed by atoms with Crippen LogP contribution in [-0.4, -0.2) is 26.4 Å². The van der Waals surface area contributed by atoms with E-state index in [0.717, 1.165) is 97.9 Å². The van der Waals surface area contributed by atoms with E-state index in [-0.39, 0.29) is 0 Å². The van der Waals surface area contributed by atoms with Gasteiger partial charge in [-0.1, -0.05) is 102 Å². The van der Waals surface area contributed by atoms with Crippen molar-refractivity contribution < 1.29 is 18.9 Å². The average Bonchev–Trinajstić information content (AvgIpc) is 3.17. The van der Waals surface area contributed by atoms with E-state index in [0.29, 0.717) is 0 Å². The summed E-state index contributed by atoms with van der Waals surface area (Å²) in [6, 6.07) is 30.5. The Morgan fingerprint density at radius 2 is 0.519 bits per heavy atom. The highest BCUT2D eigenvalue weighted by Gasteiger charge is 1.99. The molecule has 0 aliphatic heterocycles. The zero-order chi connectivity index (χ0) is 38.3.